The summed E-state index contributed by atoms with van der Waals surface area (Å²) in [4.78, 5) is 8.19. The molecule has 0 radical (unpaired) electrons. The number of rotatable bonds is 3. The molecule has 0 amide bonds. The van der Waals surface area contributed by atoms with Crippen molar-refractivity contribution in [3.05, 3.63) is 53.5 Å². The maximum Gasteiger partial charge on any atom is 0.216 e. The van der Waals surface area contributed by atoms with Crippen molar-refractivity contribution < 1.29 is 4.74 Å². The van der Waals surface area contributed by atoms with Gasteiger partial charge in [-0.25, -0.2) is 4.98 Å². The van der Waals surface area contributed by atoms with Crippen molar-refractivity contribution in [3.63, 3.8) is 0 Å². The molecule has 0 unspecified atom stereocenters. The number of hydrogen-bond acceptors (Lipinski definition) is 3. The number of aryl methyl sites for hydroxylation is 2. The second-order valence-electron chi connectivity index (χ2n) is 3.72. The maximum absolute atomic E-state index is 5.56. The van der Waals surface area contributed by atoms with Gasteiger partial charge in [0.25, 0.3) is 0 Å². The Hall–Kier alpha value is -1.90. The summed E-state index contributed by atoms with van der Waals surface area (Å²) >= 11 is 0. The Kier molecular flexibility index (Phi) is 3.15. The zero-order valence-corrected chi connectivity index (χ0v) is 9.47. The average molecular weight is 214 g/mol. The van der Waals surface area contributed by atoms with E-state index in [4.69, 9.17) is 4.74 Å². The maximum atomic E-state index is 5.56. The van der Waals surface area contributed by atoms with Crippen LogP contribution < -0.4 is 4.74 Å². The number of benzene rings is 1. The minimum atomic E-state index is 0.538. The second-order valence-corrected chi connectivity index (χ2v) is 3.72. The molecule has 3 heteroatoms. The highest BCUT2D eigenvalue weighted by atomic mass is 16.5. The summed E-state index contributed by atoms with van der Waals surface area (Å²) in [6.07, 6.45) is 1.70. The molecule has 2 rings (SSSR count). The van der Waals surface area contributed by atoms with E-state index in [0.717, 1.165) is 11.4 Å². The first-order valence-corrected chi connectivity index (χ1v) is 5.22. The van der Waals surface area contributed by atoms with E-state index in [-0.39, 0.29) is 0 Å². The van der Waals surface area contributed by atoms with Gasteiger partial charge >= 0.3 is 0 Å². The van der Waals surface area contributed by atoms with Crippen LogP contribution in [0.15, 0.2) is 36.5 Å². The highest BCUT2D eigenvalue weighted by Crippen LogP contribution is 2.09. The molecule has 0 aliphatic rings. The SMILES string of the molecule is Cc1ccc(COc2ccnc(C)n2)cc1. The summed E-state index contributed by atoms with van der Waals surface area (Å²) in [6.45, 7) is 4.45. The molecule has 0 spiro atoms. The van der Waals surface area contributed by atoms with E-state index in [2.05, 4.69) is 41.2 Å². The quantitative estimate of drug-likeness (QED) is 0.787. The molecule has 0 aliphatic carbocycles. The van der Waals surface area contributed by atoms with Crippen molar-refractivity contribution >= 4 is 0 Å². The van der Waals surface area contributed by atoms with Crippen LogP contribution in [-0.2, 0) is 6.61 Å². The van der Waals surface area contributed by atoms with Gasteiger partial charge in [0.15, 0.2) is 0 Å². The number of nitrogens with zero attached hydrogens (tertiary/aromatic N) is 2. The lowest BCUT2D eigenvalue weighted by Gasteiger charge is -2.05. The zero-order chi connectivity index (χ0) is 11.4. The van der Waals surface area contributed by atoms with Gasteiger partial charge in [-0.15, -0.1) is 0 Å². The number of aromatic nitrogens is 2. The summed E-state index contributed by atoms with van der Waals surface area (Å²) in [5, 5.41) is 0. The van der Waals surface area contributed by atoms with E-state index in [1.807, 2.05) is 6.92 Å². The summed E-state index contributed by atoms with van der Waals surface area (Å²) < 4.78 is 5.56. The van der Waals surface area contributed by atoms with E-state index in [1.54, 1.807) is 12.3 Å². The lowest BCUT2D eigenvalue weighted by Crippen LogP contribution is -1.98. The highest BCUT2D eigenvalue weighted by molar-refractivity contribution is 5.21. The van der Waals surface area contributed by atoms with Crippen molar-refractivity contribution in [1.29, 1.82) is 0 Å². The molecule has 0 bridgehead atoms. The predicted octanol–water partition coefficient (Wildman–Crippen LogP) is 2.67. The standard InChI is InChI=1S/C13H14N2O/c1-10-3-5-12(6-4-10)9-16-13-7-8-14-11(2)15-13/h3-8H,9H2,1-2H3. The van der Waals surface area contributed by atoms with Gasteiger partial charge in [-0.05, 0) is 19.4 Å². The molecule has 0 N–H and O–H groups in total. The van der Waals surface area contributed by atoms with Crippen LogP contribution in [0.1, 0.15) is 17.0 Å². The fourth-order valence-corrected chi connectivity index (χ4v) is 1.36. The van der Waals surface area contributed by atoms with Crippen LogP contribution in [0.5, 0.6) is 5.88 Å². The van der Waals surface area contributed by atoms with Crippen LogP contribution in [0.3, 0.4) is 0 Å². The molecule has 0 atom stereocenters. The normalized spacial score (nSPS) is 10.1. The lowest BCUT2D eigenvalue weighted by atomic mass is 10.2. The third-order valence-corrected chi connectivity index (χ3v) is 2.26. The van der Waals surface area contributed by atoms with Gasteiger partial charge in [0.05, 0.1) is 0 Å². The van der Waals surface area contributed by atoms with Gasteiger partial charge in [-0.1, -0.05) is 29.8 Å². The molecule has 1 aromatic heterocycles. The Labute approximate surface area is 95.1 Å². The minimum absolute atomic E-state index is 0.538. The van der Waals surface area contributed by atoms with E-state index >= 15 is 0 Å². The van der Waals surface area contributed by atoms with Gasteiger partial charge in [-0.2, -0.15) is 4.98 Å². The Morgan fingerprint density at radius 3 is 2.50 bits per heavy atom. The topological polar surface area (TPSA) is 35.0 Å². The molecule has 0 saturated heterocycles. The van der Waals surface area contributed by atoms with Crippen molar-refractivity contribution in [2.75, 3.05) is 0 Å². The van der Waals surface area contributed by atoms with Gasteiger partial charge in [0, 0.05) is 12.3 Å². The highest BCUT2D eigenvalue weighted by Gasteiger charge is 1.97. The van der Waals surface area contributed by atoms with E-state index < -0.39 is 0 Å². The number of ether oxygens (including phenoxy) is 1. The third-order valence-electron chi connectivity index (χ3n) is 2.26. The van der Waals surface area contributed by atoms with Crippen LogP contribution >= 0.6 is 0 Å². The third kappa shape index (κ3) is 2.79. The largest absolute Gasteiger partial charge is 0.473 e. The molecular formula is C13H14N2O. The second kappa shape index (κ2) is 4.75. The molecule has 2 aromatic rings. The fraction of sp³-hybridized carbons (Fsp3) is 0.231. The first-order valence-electron chi connectivity index (χ1n) is 5.22. The predicted molar refractivity (Wildman–Crippen MR) is 62.3 cm³/mol. The van der Waals surface area contributed by atoms with E-state index in [1.165, 1.54) is 5.56 Å². The molecule has 1 heterocycles. The lowest BCUT2D eigenvalue weighted by molar-refractivity contribution is 0.292. The summed E-state index contributed by atoms with van der Waals surface area (Å²) in [5.41, 5.74) is 2.39. The molecule has 1 aromatic carbocycles. The minimum Gasteiger partial charge on any atom is -0.473 e. The summed E-state index contributed by atoms with van der Waals surface area (Å²) in [6, 6.07) is 10.0. The van der Waals surface area contributed by atoms with Crippen LogP contribution in [0.4, 0.5) is 0 Å². The van der Waals surface area contributed by atoms with Crippen LogP contribution in [-0.4, -0.2) is 9.97 Å². The molecule has 3 nitrogen and oxygen atoms in total. The van der Waals surface area contributed by atoms with Crippen molar-refractivity contribution in [1.82, 2.24) is 9.97 Å². The number of hydrogen-bond donors (Lipinski definition) is 0. The van der Waals surface area contributed by atoms with Gasteiger partial charge in [-0.3, -0.25) is 0 Å². The van der Waals surface area contributed by atoms with Crippen molar-refractivity contribution in [2.24, 2.45) is 0 Å². The van der Waals surface area contributed by atoms with E-state index in [9.17, 15) is 0 Å². The van der Waals surface area contributed by atoms with Gasteiger partial charge in [0.1, 0.15) is 12.4 Å². The molecule has 0 saturated carbocycles. The molecule has 0 fully saturated rings. The average Bonchev–Trinajstić information content (AvgIpc) is 2.28. The van der Waals surface area contributed by atoms with Crippen LogP contribution in [0.25, 0.3) is 0 Å². The first kappa shape index (κ1) is 10.6. The molecule has 0 aliphatic heterocycles. The molecular weight excluding hydrogens is 200 g/mol. The van der Waals surface area contributed by atoms with Crippen molar-refractivity contribution in [3.8, 4) is 5.88 Å². The Morgan fingerprint density at radius 1 is 1.06 bits per heavy atom. The van der Waals surface area contributed by atoms with Crippen molar-refractivity contribution in [2.45, 2.75) is 20.5 Å². The van der Waals surface area contributed by atoms with Gasteiger partial charge in [0.2, 0.25) is 5.88 Å². The first-order chi connectivity index (χ1) is 7.74. The van der Waals surface area contributed by atoms with Crippen LogP contribution in [0, 0.1) is 13.8 Å². The smallest absolute Gasteiger partial charge is 0.216 e. The molecule has 82 valence electrons. The Balaban J connectivity index is 1.99. The Bertz CT molecular complexity index is 466. The van der Waals surface area contributed by atoms with Gasteiger partial charge < -0.3 is 4.74 Å². The monoisotopic (exact) mass is 214 g/mol. The fourth-order valence-electron chi connectivity index (χ4n) is 1.36. The summed E-state index contributed by atoms with van der Waals surface area (Å²) in [5.74, 6) is 1.34. The van der Waals surface area contributed by atoms with Crippen LogP contribution in [0.2, 0.25) is 0 Å². The summed E-state index contributed by atoms with van der Waals surface area (Å²) in [7, 11) is 0. The molecule has 16 heavy (non-hydrogen) atoms. The Morgan fingerprint density at radius 2 is 1.81 bits per heavy atom. The van der Waals surface area contributed by atoms with E-state index in [0.29, 0.717) is 12.5 Å². The zero-order valence-electron chi connectivity index (χ0n) is 9.47.